The molecule has 1 aromatic heterocycles. The smallest absolute Gasteiger partial charge is 0.224 e. The van der Waals surface area contributed by atoms with Crippen molar-refractivity contribution in [3.05, 3.63) is 47.1 Å². The molecule has 0 aliphatic heterocycles. The van der Waals surface area contributed by atoms with E-state index in [1.54, 1.807) is 24.3 Å². The molecule has 0 bridgehead atoms. The van der Waals surface area contributed by atoms with Crippen LogP contribution in [-0.2, 0) is 0 Å². The van der Waals surface area contributed by atoms with Gasteiger partial charge in [-0.15, -0.1) is 0 Å². The van der Waals surface area contributed by atoms with Crippen LogP contribution in [0.15, 0.2) is 30.5 Å². The zero-order chi connectivity index (χ0) is 13.1. The predicted octanol–water partition coefficient (Wildman–Crippen LogP) is 3.15. The van der Waals surface area contributed by atoms with E-state index < -0.39 is 5.82 Å². The molecule has 2 aromatic rings. The fourth-order valence-electron chi connectivity index (χ4n) is 1.50. The minimum absolute atomic E-state index is 0.0168. The van der Waals surface area contributed by atoms with Crippen molar-refractivity contribution in [2.45, 2.75) is 13.0 Å². The van der Waals surface area contributed by atoms with Crippen molar-refractivity contribution in [3.63, 3.8) is 0 Å². The van der Waals surface area contributed by atoms with E-state index in [0.717, 1.165) is 11.8 Å². The number of nitrogens with zero attached hydrogens (tertiary/aromatic N) is 2. The van der Waals surface area contributed by atoms with Crippen LogP contribution in [0, 0.1) is 5.82 Å². The fourth-order valence-corrected chi connectivity index (χ4v) is 1.63. The Morgan fingerprint density at radius 2 is 2.00 bits per heavy atom. The standard InChI is InChI=1S/C12H11ClFN3O/c1-7(8-2-4-9(18)5-3-8)16-11-10(14)6-15-12(13)17-11/h2-7,18H,1H3,(H,15,16,17). The van der Waals surface area contributed by atoms with Gasteiger partial charge in [0, 0.05) is 0 Å². The maximum Gasteiger partial charge on any atom is 0.224 e. The van der Waals surface area contributed by atoms with Gasteiger partial charge in [0.1, 0.15) is 5.75 Å². The summed E-state index contributed by atoms with van der Waals surface area (Å²) < 4.78 is 13.4. The van der Waals surface area contributed by atoms with Crippen molar-refractivity contribution >= 4 is 17.4 Å². The summed E-state index contributed by atoms with van der Waals surface area (Å²) in [6.45, 7) is 1.85. The van der Waals surface area contributed by atoms with Gasteiger partial charge in [0.05, 0.1) is 12.2 Å². The molecule has 1 unspecified atom stereocenters. The zero-order valence-corrected chi connectivity index (χ0v) is 10.3. The monoisotopic (exact) mass is 267 g/mol. The fraction of sp³-hybridized carbons (Fsp3) is 0.167. The lowest BCUT2D eigenvalue weighted by Gasteiger charge is -2.15. The quantitative estimate of drug-likeness (QED) is 0.839. The van der Waals surface area contributed by atoms with E-state index in [-0.39, 0.29) is 22.9 Å². The summed E-state index contributed by atoms with van der Waals surface area (Å²) in [6, 6.07) is 6.45. The second-order valence-corrected chi connectivity index (χ2v) is 4.13. The molecule has 0 aliphatic rings. The van der Waals surface area contributed by atoms with E-state index >= 15 is 0 Å². The van der Waals surface area contributed by atoms with Crippen LogP contribution in [0.25, 0.3) is 0 Å². The first-order valence-corrected chi connectivity index (χ1v) is 5.67. The predicted molar refractivity (Wildman–Crippen MR) is 67.1 cm³/mol. The maximum atomic E-state index is 13.4. The Hall–Kier alpha value is -1.88. The van der Waals surface area contributed by atoms with Crippen LogP contribution in [0.1, 0.15) is 18.5 Å². The summed E-state index contributed by atoms with van der Waals surface area (Å²) in [7, 11) is 0. The van der Waals surface area contributed by atoms with Crippen LogP contribution < -0.4 is 5.32 Å². The number of nitrogens with one attached hydrogen (secondary N) is 1. The van der Waals surface area contributed by atoms with Gasteiger partial charge in [-0.3, -0.25) is 0 Å². The number of anilines is 1. The van der Waals surface area contributed by atoms with Crippen LogP contribution >= 0.6 is 11.6 Å². The van der Waals surface area contributed by atoms with E-state index in [1.807, 2.05) is 6.92 Å². The molecule has 1 atom stereocenters. The number of hydrogen-bond donors (Lipinski definition) is 2. The van der Waals surface area contributed by atoms with Gasteiger partial charge in [-0.2, -0.15) is 4.98 Å². The number of hydrogen-bond acceptors (Lipinski definition) is 4. The Morgan fingerprint density at radius 1 is 1.33 bits per heavy atom. The highest BCUT2D eigenvalue weighted by Crippen LogP contribution is 2.22. The first-order valence-electron chi connectivity index (χ1n) is 5.30. The molecule has 1 aromatic carbocycles. The second-order valence-electron chi connectivity index (χ2n) is 3.79. The summed E-state index contributed by atoms with van der Waals surface area (Å²) in [4.78, 5) is 7.31. The van der Waals surface area contributed by atoms with Gasteiger partial charge >= 0.3 is 0 Å². The van der Waals surface area contributed by atoms with E-state index in [9.17, 15) is 9.50 Å². The summed E-state index contributed by atoms with van der Waals surface area (Å²) >= 11 is 5.61. The van der Waals surface area contributed by atoms with Gasteiger partial charge in [-0.1, -0.05) is 12.1 Å². The summed E-state index contributed by atoms with van der Waals surface area (Å²) in [5, 5.41) is 12.1. The first-order chi connectivity index (χ1) is 8.56. The van der Waals surface area contributed by atoms with Crippen LogP contribution in [0.2, 0.25) is 5.28 Å². The van der Waals surface area contributed by atoms with Crippen molar-refractivity contribution in [2.24, 2.45) is 0 Å². The van der Waals surface area contributed by atoms with E-state index in [2.05, 4.69) is 15.3 Å². The van der Waals surface area contributed by atoms with Crippen molar-refractivity contribution in [2.75, 3.05) is 5.32 Å². The highest BCUT2D eigenvalue weighted by atomic mass is 35.5. The summed E-state index contributed by atoms with van der Waals surface area (Å²) in [5.41, 5.74) is 0.891. The van der Waals surface area contributed by atoms with E-state index in [1.165, 1.54) is 0 Å². The second kappa shape index (κ2) is 5.18. The third-order valence-electron chi connectivity index (χ3n) is 2.46. The average molecular weight is 268 g/mol. The van der Waals surface area contributed by atoms with E-state index in [0.29, 0.717) is 0 Å². The Balaban J connectivity index is 2.18. The lowest BCUT2D eigenvalue weighted by molar-refractivity contribution is 0.475. The molecule has 0 fully saturated rings. The molecule has 4 nitrogen and oxygen atoms in total. The number of aromatic hydroxyl groups is 1. The summed E-state index contributed by atoms with van der Waals surface area (Å²) in [5.74, 6) is -0.331. The molecule has 0 saturated heterocycles. The molecule has 18 heavy (non-hydrogen) atoms. The largest absolute Gasteiger partial charge is 0.508 e. The molecule has 0 saturated carbocycles. The number of benzene rings is 1. The molecule has 2 N–H and O–H groups in total. The molecular weight excluding hydrogens is 257 g/mol. The lowest BCUT2D eigenvalue weighted by Crippen LogP contribution is -2.09. The Morgan fingerprint density at radius 3 is 2.67 bits per heavy atom. The number of halogens is 2. The molecule has 0 amide bonds. The van der Waals surface area contributed by atoms with Gasteiger partial charge in [0.15, 0.2) is 11.6 Å². The number of rotatable bonds is 3. The minimum atomic E-state index is -0.565. The normalized spacial score (nSPS) is 12.2. The van der Waals surface area contributed by atoms with Gasteiger partial charge < -0.3 is 10.4 Å². The van der Waals surface area contributed by atoms with Gasteiger partial charge in [0.25, 0.3) is 0 Å². The van der Waals surface area contributed by atoms with Crippen molar-refractivity contribution in [1.82, 2.24) is 9.97 Å². The molecule has 0 radical (unpaired) electrons. The summed E-state index contributed by atoms with van der Waals surface area (Å²) in [6.07, 6.45) is 1.02. The highest BCUT2D eigenvalue weighted by molar-refractivity contribution is 6.28. The third kappa shape index (κ3) is 2.87. The molecule has 2 rings (SSSR count). The van der Waals surface area contributed by atoms with E-state index in [4.69, 9.17) is 11.6 Å². The molecule has 0 aliphatic carbocycles. The van der Waals surface area contributed by atoms with Gasteiger partial charge in [0.2, 0.25) is 5.28 Å². The topological polar surface area (TPSA) is 58.0 Å². The molecule has 0 spiro atoms. The lowest BCUT2D eigenvalue weighted by atomic mass is 10.1. The minimum Gasteiger partial charge on any atom is -0.508 e. The Kier molecular flexibility index (Phi) is 3.62. The zero-order valence-electron chi connectivity index (χ0n) is 9.56. The molecule has 6 heteroatoms. The number of phenolic OH excluding ortho intramolecular Hbond substituents is 1. The highest BCUT2D eigenvalue weighted by Gasteiger charge is 2.11. The van der Waals surface area contributed by atoms with Crippen molar-refractivity contribution in [3.8, 4) is 5.75 Å². The first kappa shape index (κ1) is 12.6. The van der Waals surface area contributed by atoms with Gasteiger partial charge in [-0.05, 0) is 36.2 Å². The third-order valence-corrected chi connectivity index (χ3v) is 2.64. The van der Waals surface area contributed by atoms with Crippen LogP contribution in [0.4, 0.5) is 10.2 Å². The SMILES string of the molecule is CC(Nc1nc(Cl)ncc1F)c1ccc(O)cc1. The van der Waals surface area contributed by atoms with Crippen LogP contribution in [0.5, 0.6) is 5.75 Å². The van der Waals surface area contributed by atoms with Crippen LogP contribution in [-0.4, -0.2) is 15.1 Å². The van der Waals surface area contributed by atoms with Crippen molar-refractivity contribution < 1.29 is 9.50 Å². The molecule has 94 valence electrons. The number of phenols is 1. The average Bonchev–Trinajstić information content (AvgIpc) is 2.34. The number of aromatic nitrogens is 2. The van der Waals surface area contributed by atoms with Crippen molar-refractivity contribution in [1.29, 1.82) is 0 Å². The maximum absolute atomic E-state index is 13.4. The molecular formula is C12H11ClFN3O. The molecule has 1 heterocycles. The van der Waals surface area contributed by atoms with Gasteiger partial charge in [-0.25, -0.2) is 9.37 Å². The van der Waals surface area contributed by atoms with Crippen LogP contribution in [0.3, 0.4) is 0 Å². The Bertz CT molecular complexity index is 548. The Labute approximate surface area is 108 Å².